The molecule has 0 saturated carbocycles. The number of nitrogens with two attached hydrogens (primary N) is 1. The van der Waals surface area contributed by atoms with Crippen LogP contribution >= 0.6 is 31.9 Å². The van der Waals surface area contributed by atoms with Crippen molar-refractivity contribution in [1.29, 1.82) is 0 Å². The Balaban J connectivity index is 2.34. The highest BCUT2D eigenvalue weighted by Gasteiger charge is 2.14. The molecule has 0 unspecified atom stereocenters. The number of benzene rings is 2. The van der Waals surface area contributed by atoms with Crippen molar-refractivity contribution in [1.82, 2.24) is 4.57 Å². The zero-order chi connectivity index (χ0) is 14.3. The smallest absolute Gasteiger partial charge is 0.130 e. The molecule has 104 valence electrons. The lowest BCUT2D eigenvalue weighted by Gasteiger charge is -2.10. The lowest BCUT2D eigenvalue weighted by Crippen LogP contribution is -2.21. The number of hydrogen-bond donors (Lipinski definition) is 1. The first-order chi connectivity index (χ1) is 9.60. The minimum Gasteiger partial charge on any atom is -0.337 e. The summed E-state index contributed by atoms with van der Waals surface area (Å²) in [6.07, 6.45) is -1.04. The Morgan fingerprint density at radius 2 is 1.50 bits per heavy atom. The fourth-order valence-electron chi connectivity index (χ4n) is 2.52. The van der Waals surface area contributed by atoms with Crippen LogP contribution < -0.4 is 5.73 Å². The molecule has 1 atom stereocenters. The Morgan fingerprint density at radius 3 is 1.95 bits per heavy atom. The summed E-state index contributed by atoms with van der Waals surface area (Å²) in [7, 11) is 0. The predicted octanol–water partition coefficient (Wildman–Crippen LogP) is 4.62. The molecular weight excluding hydrogens is 387 g/mol. The van der Waals surface area contributed by atoms with Gasteiger partial charge in [-0.05, 0) is 36.4 Å². The van der Waals surface area contributed by atoms with Gasteiger partial charge < -0.3 is 10.3 Å². The second-order valence-electron chi connectivity index (χ2n) is 4.77. The molecule has 1 heterocycles. The van der Waals surface area contributed by atoms with E-state index in [0.717, 1.165) is 30.8 Å². The van der Waals surface area contributed by atoms with Crippen molar-refractivity contribution in [3.8, 4) is 0 Å². The van der Waals surface area contributed by atoms with E-state index in [-0.39, 0.29) is 13.1 Å². The van der Waals surface area contributed by atoms with Gasteiger partial charge in [0.2, 0.25) is 0 Å². The van der Waals surface area contributed by atoms with Crippen LogP contribution in [0.25, 0.3) is 21.8 Å². The molecule has 20 heavy (non-hydrogen) atoms. The number of fused-ring (bicyclic) bond motifs is 3. The van der Waals surface area contributed by atoms with E-state index >= 15 is 0 Å². The average Bonchev–Trinajstić information content (AvgIpc) is 2.72. The maximum atomic E-state index is 13.7. The van der Waals surface area contributed by atoms with Gasteiger partial charge >= 0.3 is 0 Å². The van der Waals surface area contributed by atoms with Gasteiger partial charge in [-0.25, -0.2) is 4.39 Å². The fourth-order valence-corrected chi connectivity index (χ4v) is 3.24. The van der Waals surface area contributed by atoms with Gasteiger partial charge in [-0.15, -0.1) is 0 Å². The molecule has 3 aromatic rings. The van der Waals surface area contributed by atoms with E-state index in [4.69, 9.17) is 5.73 Å². The Kier molecular flexibility index (Phi) is 3.84. The summed E-state index contributed by atoms with van der Waals surface area (Å²) >= 11 is 6.99. The topological polar surface area (TPSA) is 30.9 Å². The van der Waals surface area contributed by atoms with Crippen LogP contribution in [0.15, 0.2) is 45.3 Å². The SMILES string of the molecule is NC[C@H](F)Cn1c2ccc(Br)cc2c2cc(Br)ccc21. The van der Waals surface area contributed by atoms with Crippen LogP contribution in [0.4, 0.5) is 4.39 Å². The highest BCUT2D eigenvalue weighted by molar-refractivity contribution is 9.10. The van der Waals surface area contributed by atoms with Crippen molar-refractivity contribution in [2.75, 3.05) is 6.54 Å². The summed E-state index contributed by atoms with van der Waals surface area (Å²) in [6, 6.07) is 12.1. The summed E-state index contributed by atoms with van der Waals surface area (Å²) in [5.41, 5.74) is 7.47. The molecule has 0 fully saturated rings. The Hall–Kier alpha value is -0.910. The second kappa shape index (κ2) is 5.47. The molecule has 2 N–H and O–H groups in total. The third kappa shape index (κ3) is 2.38. The lowest BCUT2D eigenvalue weighted by atomic mass is 10.2. The third-order valence-corrected chi connectivity index (χ3v) is 4.41. The van der Waals surface area contributed by atoms with Gasteiger partial charge in [0.1, 0.15) is 6.17 Å². The van der Waals surface area contributed by atoms with Crippen LogP contribution in [0.3, 0.4) is 0 Å². The van der Waals surface area contributed by atoms with Crippen molar-refractivity contribution < 1.29 is 4.39 Å². The van der Waals surface area contributed by atoms with E-state index in [1.54, 1.807) is 0 Å². The summed E-state index contributed by atoms with van der Waals surface area (Å²) in [5.74, 6) is 0. The summed E-state index contributed by atoms with van der Waals surface area (Å²) < 4.78 is 17.8. The van der Waals surface area contributed by atoms with E-state index in [0.29, 0.717) is 0 Å². The Labute approximate surface area is 133 Å². The standard InChI is InChI=1S/C15H13Br2FN2/c16-9-1-3-14-12(5-9)13-6-10(17)2-4-15(13)20(14)8-11(18)7-19/h1-6,11H,7-8,19H2/t11-/m0/s1. The Bertz CT molecular complexity index is 723. The minimum absolute atomic E-state index is 0.0359. The van der Waals surface area contributed by atoms with E-state index < -0.39 is 6.17 Å². The summed E-state index contributed by atoms with van der Waals surface area (Å²) in [5, 5.41) is 2.22. The van der Waals surface area contributed by atoms with Crippen LogP contribution in [-0.2, 0) is 6.54 Å². The molecule has 0 saturated heterocycles. The van der Waals surface area contributed by atoms with Gasteiger partial charge in [-0.1, -0.05) is 31.9 Å². The summed E-state index contributed by atoms with van der Waals surface area (Å²) in [4.78, 5) is 0. The van der Waals surface area contributed by atoms with Gasteiger partial charge in [0.15, 0.2) is 0 Å². The number of hydrogen-bond acceptors (Lipinski definition) is 1. The molecular formula is C15H13Br2FN2. The molecule has 5 heteroatoms. The molecule has 1 aromatic heterocycles. The first kappa shape index (κ1) is 14.0. The fraction of sp³-hybridized carbons (Fsp3) is 0.200. The number of halogens is 3. The zero-order valence-electron chi connectivity index (χ0n) is 10.6. The van der Waals surface area contributed by atoms with E-state index in [9.17, 15) is 4.39 Å². The first-order valence-electron chi connectivity index (χ1n) is 6.31. The molecule has 0 radical (unpaired) electrons. The quantitative estimate of drug-likeness (QED) is 0.684. The first-order valence-corrected chi connectivity index (χ1v) is 7.90. The lowest BCUT2D eigenvalue weighted by molar-refractivity contribution is 0.309. The zero-order valence-corrected chi connectivity index (χ0v) is 13.8. The van der Waals surface area contributed by atoms with Gasteiger partial charge in [0, 0.05) is 37.3 Å². The highest BCUT2D eigenvalue weighted by atomic mass is 79.9. The monoisotopic (exact) mass is 398 g/mol. The van der Waals surface area contributed by atoms with Gasteiger partial charge in [-0.2, -0.15) is 0 Å². The van der Waals surface area contributed by atoms with Crippen molar-refractivity contribution in [2.45, 2.75) is 12.7 Å². The predicted molar refractivity (Wildman–Crippen MR) is 88.8 cm³/mol. The van der Waals surface area contributed by atoms with Crippen LogP contribution in [0.5, 0.6) is 0 Å². The van der Waals surface area contributed by atoms with Crippen molar-refractivity contribution in [3.63, 3.8) is 0 Å². The normalized spacial score (nSPS) is 13.2. The van der Waals surface area contributed by atoms with Gasteiger partial charge in [-0.3, -0.25) is 0 Å². The highest BCUT2D eigenvalue weighted by Crippen LogP contribution is 2.33. The second-order valence-corrected chi connectivity index (χ2v) is 6.60. The van der Waals surface area contributed by atoms with E-state index in [2.05, 4.69) is 44.0 Å². The van der Waals surface area contributed by atoms with Crippen LogP contribution in [0.2, 0.25) is 0 Å². The minimum atomic E-state index is -1.04. The molecule has 0 amide bonds. The molecule has 0 aliphatic rings. The molecule has 0 bridgehead atoms. The molecule has 3 rings (SSSR count). The summed E-state index contributed by atoms with van der Waals surface area (Å²) in [6.45, 7) is 0.313. The van der Waals surface area contributed by atoms with Crippen LogP contribution in [0, 0.1) is 0 Å². The van der Waals surface area contributed by atoms with Crippen molar-refractivity contribution in [3.05, 3.63) is 45.3 Å². The largest absolute Gasteiger partial charge is 0.337 e. The molecule has 0 aliphatic heterocycles. The van der Waals surface area contributed by atoms with Crippen molar-refractivity contribution in [2.24, 2.45) is 5.73 Å². The molecule has 2 nitrogen and oxygen atoms in total. The Morgan fingerprint density at radius 1 is 1.00 bits per heavy atom. The number of aromatic nitrogens is 1. The molecule has 2 aromatic carbocycles. The van der Waals surface area contributed by atoms with Crippen LogP contribution in [0.1, 0.15) is 0 Å². The maximum Gasteiger partial charge on any atom is 0.130 e. The third-order valence-electron chi connectivity index (χ3n) is 3.43. The number of alkyl halides is 1. The van der Waals surface area contributed by atoms with E-state index in [1.165, 1.54) is 0 Å². The average molecular weight is 400 g/mol. The molecule has 0 aliphatic carbocycles. The van der Waals surface area contributed by atoms with Crippen LogP contribution in [-0.4, -0.2) is 17.3 Å². The number of nitrogens with zero attached hydrogens (tertiary/aromatic N) is 1. The molecule has 0 spiro atoms. The maximum absolute atomic E-state index is 13.7. The van der Waals surface area contributed by atoms with Crippen molar-refractivity contribution >= 4 is 53.7 Å². The van der Waals surface area contributed by atoms with Gasteiger partial charge in [0.05, 0.1) is 6.54 Å². The van der Waals surface area contributed by atoms with E-state index in [1.807, 2.05) is 28.8 Å². The van der Waals surface area contributed by atoms with Gasteiger partial charge in [0.25, 0.3) is 0 Å². The number of rotatable bonds is 3.